The highest BCUT2D eigenvalue weighted by atomic mass is 16.5. The van der Waals surface area contributed by atoms with E-state index in [0.29, 0.717) is 65.4 Å². The molecule has 2 aliphatic heterocycles. The Labute approximate surface area is 243 Å². The van der Waals surface area contributed by atoms with Crippen molar-refractivity contribution in [3.8, 4) is 6.07 Å². The summed E-state index contributed by atoms with van der Waals surface area (Å²) in [6, 6.07) is 2.13. The minimum absolute atomic E-state index is 0.0160. The first-order valence-electron chi connectivity index (χ1n) is 14.4. The van der Waals surface area contributed by atoms with Gasteiger partial charge in [0, 0.05) is 49.9 Å². The lowest BCUT2D eigenvalue weighted by Gasteiger charge is -2.32. The molecule has 0 bridgehead atoms. The number of hydrogen-bond acceptors (Lipinski definition) is 8. The van der Waals surface area contributed by atoms with Crippen LogP contribution in [-0.4, -0.2) is 103 Å². The van der Waals surface area contributed by atoms with Gasteiger partial charge in [0.05, 0.1) is 38.0 Å². The third-order valence-corrected chi connectivity index (χ3v) is 8.39. The molecule has 0 spiro atoms. The lowest BCUT2D eigenvalue weighted by molar-refractivity contribution is -0.144. The highest BCUT2D eigenvalue weighted by Gasteiger charge is 2.46. The van der Waals surface area contributed by atoms with Crippen molar-refractivity contribution in [2.24, 2.45) is 23.7 Å². The lowest BCUT2D eigenvalue weighted by Crippen LogP contribution is -2.52. The van der Waals surface area contributed by atoms with Crippen molar-refractivity contribution in [1.82, 2.24) is 20.4 Å². The smallest absolute Gasteiger partial charge is 0.226 e. The molecule has 2 N–H and O–H groups in total. The van der Waals surface area contributed by atoms with Crippen LogP contribution < -0.4 is 10.6 Å². The van der Waals surface area contributed by atoms with Gasteiger partial charge in [-0.2, -0.15) is 5.26 Å². The fourth-order valence-corrected chi connectivity index (χ4v) is 4.27. The second-order valence-electron chi connectivity index (χ2n) is 11.9. The summed E-state index contributed by atoms with van der Waals surface area (Å²) < 4.78 is 10.4. The number of nitrogens with one attached hydrogen (secondary N) is 2. The standard InChI is InChI=1S/C15H26N2O4.C14H21N3O3/c1-10(13(19)16-15(4,5)12(3)18)11(2)14(20)17-6-8-21-9-7-17;1-10(12(18)16-14(9-15)3-4-14)11(2)13(19)17-5-7-20-8-6-17/h10-11H,6-9H2,1-5H3,(H,16,19);10-11H,3-8H2,1-2H3,(H,16,18). The van der Waals surface area contributed by atoms with Crippen molar-refractivity contribution in [3.05, 3.63) is 0 Å². The van der Waals surface area contributed by atoms with Crippen molar-refractivity contribution in [2.45, 2.75) is 72.4 Å². The Morgan fingerprint density at radius 3 is 1.49 bits per heavy atom. The van der Waals surface area contributed by atoms with Crippen LogP contribution in [0.4, 0.5) is 0 Å². The van der Waals surface area contributed by atoms with Gasteiger partial charge in [0.2, 0.25) is 23.6 Å². The molecule has 0 aromatic carbocycles. The molecule has 1 aliphatic carbocycles. The second kappa shape index (κ2) is 14.7. The fraction of sp³-hybridized carbons (Fsp3) is 0.793. The van der Waals surface area contributed by atoms with Crippen LogP contribution in [0.1, 0.15) is 61.3 Å². The quantitative estimate of drug-likeness (QED) is 0.409. The average Bonchev–Trinajstić information content (AvgIpc) is 3.75. The Hall–Kier alpha value is -3.04. The SMILES string of the molecule is CC(=O)C(C)(C)NC(=O)C(C)C(C)C(=O)N1CCOCC1.CC(C(=O)NC1(C#N)CC1)C(C)C(=O)N1CCOCC1. The third kappa shape index (κ3) is 9.50. The van der Waals surface area contributed by atoms with Gasteiger partial charge in [0.15, 0.2) is 5.78 Å². The number of carbonyl (C=O) groups excluding carboxylic acids is 5. The highest BCUT2D eigenvalue weighted by molar-refractivity contribution is 5.93. The molecule has 3 rings (SSSR count). The van der Waals surface area contributed by atoms with Crippen molar-refractivity contribution >= 4 is 29.4 Å². The van der Waals surface area contributed by atoms with E-state index >= 15 is 0 Å². The summed E-state index contributed by atoms with van der Waals surface area (Å²) in [7, 11) is 0. The summed E-state index contributed by atoms with van der Waals surface area (Å²) in [5.74, 6) is -2.39. The molecule has 0 radical (unpaired) electrons. The molecule has 0 aromatic rings. The van der Waals surface area contributed by atoms with Crippen LogP contribution in [0.2, 0.25) is 0 Å². The molecule has 2 saturated heterocycles. The number of nitrogens with zero attached hydrogens (tertiary/aromatic N) is 3. The molecular weight excluding hydrogens is 530 g/mol. The summed E-state index contributed by atoms with van der Waals surface area (Å²) in [5, 5.41) is 14.5. The predicted octanol–water partition coefficient (Wildman–Crippen LogP) is 0.891. The van der Waals surface area contributed by atoms with Crippen molar-refractivity contribution < 1.29 is 33.4 Å². The van der Waals surface area contributed by atoms with Gasteiger partial charge < -0.3 is 29.9 Å². The van der Waals surface area contributed by atoms with Gasteiger partial charge in [-0.25, -0.2) is 0 Å². The number of Topliss-reactive ketones (excluding diaryl/α,β-unsaturated/α-hetero) is 1. The van der Waals surface area contributed by atoms with E-state index in [0.717, 1.165) is 0 Å². The lowest BCUT2D eigenvalue weighted by atomic mass is 9.91. The van der Waals surface area contributed by atoms with E-state index in [1.807, 2.05) is 0 Å². The van der Waals surface area contributed by atoms with Gasteiger partial charge >= 0.3 is 0 Å². The maximum atomic E-state index is 12.4. The molecule has 12 nitrogen and oxygen atoms in total. The Morgan fingerprint density at radius 2 is 1.15 bits per heavy atom. The van der Waals surface area contributed by atoms with Crippen LogP contribution in [-0.2, 0) is 33.4 Å². The van der Waals surface area contributed by atoms with Gasteiger partial charge in [-0.3, -0.25) is 24.0 Å². The molecule has 41 heavy (non-hydrogen) atoms. The number of nitriles is 1. The van der Waals surface area contributed by atoms with E-state index in [9.17, 15) is 24.0 Å². The number of amides is 4. The first kappa shape index (κ1) is 34.2. The molecular formula is C29H47N5O7. The molecule has 1 saturated carbocycles. The van der Waals surface area contributed by atoms with Crippen LogP contribution in [0.25, 0.3) is 0 Å². The van der Waals surface area contributed by atoms with E-state index in [2.05, 4.69) is 16.7 Å². The van der Waals surface area contributed by atoms with Gasteiger partial charge in [0.1, 0.15) is 5.54 Å². The summed E-state index contributed by atoms with van der Waals surface area (Å²) in [6.45, 7) is 16.2. The first-order valence-corrected chi connectivity index (χ1v) is 14.4. The molecule has 0 aromatic heterocycles. The molecule has 4 unspecified atom stereocenters. The summed E-state index contributed by atoms with van der Waals surface area (Å²) >= 11 is 0. The summed E-state index contributed by atoms with van der Waals surface area (Å²) in [6.07, 6.45) is 1.40. The van der Waals surface area contributed by atoms with Crippen molar-refractivity contribution in [1.29, 1.82) is 5.26 Å². The van der Waals surface area contributed by atoms with Crippen LogP contribution in [0.3, 0.4) is 0 Å². The van der Waals surface area contributed by atoms with E-state index in [1.54, 1.807) is 51.3 Å². The number of morpholine rings is 2. The minimum Gasteiger partial charge on any atom is -0.378 e. The maximum absolute atomic E-state index is 12.4. The Bertz CT molecular complexity index is 1010. The Balaban J connectivity index is 0.000000287. The normalized spacial score (nSPS) is 21.0. The monoisotopic (exact) mass is 577 g/mol. The zero-order valence-corrected chi connectivity index (χ0v) is 25.6. The van der Waals surface area contributed by atoms with Gasteiger partial charge in [-0.05, 0) is 33.6 Å². The first-order chi connectivity index (χ1) is 19.2. The third-order valence-electron chi connectivity index (χ3n) is 8.39. The van der Waals surface area contributed by atoms with E-state index in [1.165, 1.54) is 6.92 Å². The van der Waals surface area contributed by atoms with Gasteiger partial charge in [0.25, 0.3) is 0 Å². The van der Waals surface area contributed by atoms with Gasteiger partial charge in [-0.1, -0.05) is 27.7 Å². The number of hydrogen-bond donors (Lipinski definition) is 2. The van der Waals surface area contributed by atoms with Crippen LogP contribution >= 0.6 is 0 Å². The number of carbonyl (C=O) groups is 5. The predicted molar refractivity (Wildman–Crippen MR) is 150 cm³/mol. The second-order valence-corrected chi connectivity index (χ2v) is 11.9. The number of ketones is 1. The number of ether oxygens (including phenoxy) is 2. The molecule has 3 aliphatic rings. The summed E-state index contributed by atoms with van der Waals surface area (Å²) in [4.78, 5) is 64.0. The van der Waals surface area contributed by atoms with Crippen LogP contribution in [0, 0.1) is 35.0 Å². The molecule has 4 amide bonds. The highest BCUT2D eigenvalue weighted by Crippen LogP contribution is 2.35. The molecule has 4 atom stereocenters. The van der Waals surface area contributed by atoms with E-state index in [-0.39, 0.29) is 35.3 Å². The zero-order chi connectivity index (χ0) is 31.0. The molecule has 230 valence electrons. The topological polar surface area (TPSA) is 158 Å². The van der Waals surface area contributed by atoms with Gasteiger partial charge in [-0.15, -0.1) is 0 Å². The molecule has 3 fully saturated rings. The zero-order valence-electron chi connectivity index (χ0n) is 25.6. The van der Waals surface area contributed by atoms with E-state index in [4.69, 9.17) is 14.7 Å². The number of rotatable bonds is 9. The van der Waals surface area contributed by atoms with Crippen LogP contribution in [0.15, 0.2) is 0 Å². The van der Waals surface area contributed by atoms with Crippen molar-refractivity contribution in [3.63, 3.8) is 0 Å². The van der Waals surface area contributed by atoms with Crippen molar-refractivity contribution in [2.75, 3.05) is 52.6 Å². The largest absolute Gasteiger partial charge is 0.378 e. The minimum atomic E-state index is -0.910. The average molecular weight is 578 g/mol. The van der Waals surface area contributed by atoms with E-state index < -0.39 is 28.8 Å². The molecule has 2 heterocycles. The molecule has 12 heteroatoms. The van der Waals surface area contributed by atoms with Crippen LogP contribution in [0.5, 0.6) is 0 Å². The Kier molecular flexibility index (Phi) is 12.3. The fourth-order valence-electron chi connectivity index (χ4n) is 4.27. The summed E-state index contributed by atoms with van der Waals surface area (Å²) in [5.41, 5.74) is -1.58. The Morgan fingerprint density at radius 1 is 0.756 bits per heavy atom. The maximum Gasteiger partial charge on any atom is 0.226 e.